The zero-order valence-corrected chi connectivity index (χ0v) is 10.6. The number of ether oxygens (including phenoxy) is 1. The maximum absolute atomic E-state index is 5.87. The predicted octanol–water partition coefficient (Wildman–Crippen LogP) is 2.50. The molecular formula is C14H20N2O. The molecular weight excluding hydrogens is 212 g/mol. The first-order valence-corrected chi connectivity index (χ1v) is 6.25. The molecule has 0 fully saturated rings. The molecule has 1 aromatic carbocycles. The van der Waals surface area contributed by atoms with Gasteiger partial charge >= 0.3 is 0 Å². The van der Waals surface area contributed by atoms with E-state index in [2.05, 4.69) is 29.1 Å². The van der Waals surface area contributed by atoms with Crippen molar-refractivity contribution in [2.75, 3.05) is 26.7 Å². The van der Waals surface area contributed by atoms with Crippen LogP contribution >= 0.6 is 0 Å². The maximum Gasteiger partial charge on any atom is 0.139 e. The molecule has 0 amide bonds. The smallest absolute Gasteiger partial charge is 0.139 e. The zero-order chi connectivity index (χ0) is 12.1. The molecule has 1 heterocycles. The van der Waals surface area contributed by atoms with Gasteiger partial charge in [0.1, 0.15) is 11.9 Å². The van der Waals surface area contributed by atoms with Gasteiger partial charge in [-0.05, 0) is 18.9 Å². The Morgan fingerprint density at radius 3 is 2.76 bits per heavy atom. The minimum absolute atomic E-state index is 0.0218. The molecule has 1 aliphatic heterocycles. The fraction of sp³-hybridized carbons (Fsp3) is 0.500. The van der Waals surface area contributed by atoms with Crippen molar-refractivity contribution in [3.8, 4) is 0 Å². The molecule has 0 N–H and O–H groups in total. The molecule has 0 aliphatic carbocycles. The molecule has 0 unspecified atom stereocenters. The van der Waals surface area contributed by atoms with Crippen molar-refractivity contribution in [3.63, 3.8) is 0 Å². The quantitative estimate of drug-likeness (QED) is 0.796. The minimum atomic E-state index is -0.0218. The average molecular weight is 232 g/mol. The number of likely N-dealkylation sites (N-methyl/N-ethyl adjacent to an activating group) is 1. The van der Waals surface area contributed by atoms with E-state index in [0.717, 1.165) is 25.3 Å². The van der Waals surface area contributed by atoms with E-state index < -0.39 is 0 Å². The number of nitrogens with zero attached hydrogens (tertiary/aromatic N) is 2. The van der Waals surface area contributed by atoms with Crippen molar-refractivity contribution in [1.29, 1.82) is 0 Å². The summed E-state index contributed by atoms with van der Waals surface area (Å²) in [7, 11) is 2.09. The van der Waals surface area contributed by atoms with Crippen molar-refractivity contribution >= 4 is 5.84 Å². The highest BCUT2D eigenvalue weighted by molar-refractivity contribution is 5.88. The summed E-state index contributed by atoms with van der Waals surface area (Å²) in [5, 5.41) is 0. The fourth-order valence-corrected chi connectivity index (χ4v) is 2.13. The summed E-state index contributed by atoms with van der Waals surface area (Å²) in [4.78, 5) is 6.83. The van der Waals surface area contributed by atoms with Crippen LogP contribution < -0.4 is 0 Å². The van der Waals surface area contributed by atoms with Crippen molar-refractivity contribution in [2.24, 2.45) is 4.99 Å². The van der Waals surface area contributed by atoms with Crippen LogP contribution in [0.5, 0.6) is 0 Å². The number of amidine groups is 1. The number of benzene rings is 1. The first kappa shape index (κ1) is 12.1. The molecule has 0 saturated heterocycles. The van der Waals surface area contributed by atoms with Crippen LogP contribution in [0.2, 0.25) is 0 Å². The minimum Gasteiger partial charge on any atom is -0.366 e. The molecule has 3 nitrogen and oxygen atoms in total. The van der Waals surface area contributed by atoms with Gasteiger partial charge in [-0.2, -0.15) is 0 Å². The van der Waals surface area contributed by atoms with Gasteiger partial charge in [0.15, 0.2) is 0 Å². The summed E-state index contributed by atoms with van der Waals surface area (Å²) >= 11 is 0. The summed E-state index contributed by atoms with van der Waals surface area (Å²) in [5.74, 6) is 1.06. The van der Waals surface area contributed by atoms with Crippen LogP contribution in [0.1, 0.15) is 25.0 Å². The predicted molar refractivity (Wildman–Crippen MR) is 70.4 cm³/mol. The largest absolute Gasteiger partial charge is 0.366 e. The second kappa shape index (κ2) is 5.82. The molecule has 1 atom stereocenters. The third-order valence-electron chi connectivity index (χ3n) is 2.99. The summed E-state index contributed by atoms with van der Waals surface area (Å²) in [6.45, 7) is 4.71. The van der Waals surface area contributed by atoms with Gasteiger partial charge in [0.2, 0.25) is 0 Å². The normalized spacial score (nSPS) is 17.8. The molecule has 2 rings (SSSR count). The van der Waals surface area contributed by atoms with E-state index in [-0.39, 0.29) is 6.10 Å². The van der Waals surface area contributed by atoms with Gasteiger partial charge in [-0.25, -0.2) is 0 Å². The standard InChI is InChI=1S/C14H20N2O/c1-3-17-13(12-8-5-4-6-9-12)14-15-10-7-11-16(14)2/h4-6,8-9,13H,3,7,10-11H2,1-2H3/t13-/m1/s1. The Labute approximate surface area is 103 Å². The van der Waals surface area contributed by atoms with E-state index in [1.54, 1.807) is 0 Å². The summed E-state index contributed by atoms with van der Waals surface area (Å²) in [5.41, 5.74) is 1.18. The second-order valence-corrected chi connectivity index (χ2v) is 4.26. The average Bonchev–Trinajstić information content (AvgIpc) is 2.38. The second-order valence-electron chi connectivity index (χ2n) is 4.26. The first-order chi connectivity index (χ1) is 8.33. The zero-order valence-electron chi connectivity index (χ0n) is 10.6. The summed E-state index contributed by atoms with van der Waals surface area (Å²) < 4.78 is 5.87. The van der Waals surface area contributed by atoms with E-state index in [4.69, 9.17) is 4.74 Å². The Morgan fingerprint density at radius 1 is 1.35 bits per heavy atom. The van der Waals surface area contributed by atoms with E-state index in [1.165, 1.54) is 5.56 Å². The Hall–Kier alpha value is -1.35. The highest BCUT2D eigenvalue weighted by Gasteiger charge is 2.23. The number of aliphatic imine (C=N–C) groups is 1. The highest BCUT2D eigenvalue weighted by Crippen LogP contribution is 2.22. The molecule has 0 spiro atoms. The molecule has 0 aromatic heterocycles. The van der Waals surface area contributed by atoms with Crippen LogP contribution in [0.25, 0.3) is 0 Å². The topological polar surface area (TPSA) is 24.8 Å². The van der Waals surface area contributed by atoms with E-state index in [1.807, 2.05) is 25.1 Å². The lowest BCUT2D eigenvalue weighted by Gasteiger charge is -2.30. The highest BCUT2D eigenvalue weighted by atomic mass is 16.5. The summed E-state index contributed by atoms with van der Waals surface area (Å²) in [6.07, 6.45) is 1.11. The van der Waals surface area contributed by atoms with Crippen LogP contribution in [0.15, 0.2) is 35.3 Å². The maximum atomic E-state index is 5.87. The molecule has 17 heavy (non-hydrogen) atoms. The Kier molecular flexibility index (Phi) is 4.15. The lowest BCUT2D eigenvalue weighted by molar-refractivity contribution is 0.100. The van der Waals surface area contributed by atoms with Crippen LogP contribution in [-0.2, 0) is 4.74 Å². The van der Waals surface area contributed by atoms with Crippen molar-refractivity contribution < 1.29 is 4.74 Å². The van der Waals surface area contributed by atoms with Crippen LogP contribution in [0.4, 0.5) is 0 Å². The molecule has 3 heteroatoms. The summed E-state index contributed by atoms with van der Waals surface area (Å²) in [6, 6.07) is 10.3. The van der Waals surface area contributed by atoms with Crippen LogP contribution in [0, 0.1) is 0 Å². The van der Waals surface area contributed by atoms with Gasteiger partial charge < -0.3 is 9.64 Å². The van der Waals surface area contributed by atoms with Gasteiger partial charge in [0.25, 0.3) is 0 Å². The van der Waals surface area contributed by atoms with Gasteiger partial charge in [-0.3, -0.25) is 4.99 Å². The molecule has 92 valence electrons. The van der Waals surface area contributed by atoms with Gasteiger partial charge in [0, 0.05) is 26.7 Å². The molecule has 1 aromatic rings. The molecule has 0 saturated carbocycles. The van der Waals surface area contributed by atoms with Crippen LogP contribution in [-0.4, -0.2) is 37.5 Å². The Morgan fingerprint density at radius 2 is 2.12 bits per heavy atom. The van der Waals surface area contributed by atoms with E-state index in [0.29, 0.717) is 6.61 Å². The van der Waals surface area contributed by atoms with Gasteiger partial charge in [0.05, 0.1) is 0 Å². The molecule has 1 aliphatic rings. The van der Waals surface area contributed by atoms with E-state index in [9.17, 15) is 0 Å². The lowest BCUT2D eigenvalue weighted by atomic mass is 10.1. The Balaban J connectivity index is 2.25. The third-order valence-corrected chi connectivity index (χ3v) is 2.99. The Bertz CT molecular complexity index is 375. The van der Waals surface area contributed by atoms with Crippen molar-refractivity contribution in [2.45, 2.75) is 19.4 Å². The van der Waals surface area contributed by atoms with Crippen molar-refractivity contribution in [1.82, 2.24) is 4.90 Å². The lowest BCUT2D eigenvalue weighted by Crippen LogP contribution is -2.37. The van der Waals surface area contributed by atoms with Gasteiger partial charge in [-0.15, -0.1) is 0 Å². The monoisotopic (exact) mass is 232 g/mol. The fourth-order valence-electron chi connectivity index (χ4n) is 2.13. The first-order valence-electron chi connectivity index (χ1n) is 6.25. The number of hydrogen-bond acceptors (Lipinski definition) is 3. The van der Waals surface area contributed by atoms with Crippen molar-refractivity contribution in [3.05, 3.63) is 35.9 Å². The van der Waals surface area contributed by atoms with Crippen LogP contribution in [0.3, 0.4) is 0 Å². The van der Waals surface area contributed by atoms with E-state index >= 15 is 0 Å². The molecule has 0 radical (unpaired) electrons. The SMILES string of the molecule is CCO[C@@H](C1=NCCCN1C)c1ccccc1. The number of hydrogen-bond donors (Lipinski definition) is 0. The molecule has 0 bridgehead atoms. The number of rotatable bonds is 4. The third kappa shape index (κ3) is 2.86. The van der Waals surface area contributed by atoms with Gasteiger partial charge in [-0.1, -0.05) is 30.3 Å².